The molecule has 0 fully saturated rings. The monoisotopic (exact) mass is 306 g/mol. The molecule has 0 aliphatic rings. The summed E-state index contributed by atoms with van der Waals surface area (Å²) in [5.74, 6) is -0.181. The van der Waals surface area contributed by atoms with E-state index in [2.05, 4.69) is 31.5 Å². The highest BCUT2D eigenvalue weighted by molar-refractivity contribution is 7.09. The molecule has 2 nitrogen and oxygen atoms in total. The smallest absolute Gasteiger partial charge is 0.123 e. The molecule has 2 aromatic rings. The van der Waals surface area contributed by atoms with Gasteiger partial charge in [-0.2, -0.15) is 0 Å². The first-order valence-electron chi connectivity index (χ1n) is 7.19. The second-order valence-corrected chi connectivity index (χ2v) is 7.43. The van der Waals surface area contributed by atoms with Gasteiger partial charge >= 0.3 is 0 Å². The molecule has 0 bridgehead atoms. The van der Waals surface area contributed by atoms with Crippen molar-refractivity contribution >= 4 is 11.3 Å². The number of benzene rings is 1. The summed E-state index contributed by atoms with van der Waals surface area (Å²) in [7, 11) is 1.91. The second kappa shape index (κ2) is 6.24. The van der Waals surface area contributed by atoms with E-state index in [-0.39, 0.29) is 17.3 Å². The summed E-state index contributed by atoms with van der Waals surface area (Å²) in [4.78, 5) is 4.72. The zero-order chi connectivity index (χ0) is 15.6. The van der Waals surface area contributed by atoms with Gasteiger partial charge in [0.15, 0.2) is 0 Å². The number of likely N-dealkylation sites (N-methyl/N-ethyl adjacent to an activating group) is 1. The van der Waals surface area contributed by atoms with Crippen molar-refractivity contribution in [1.29, 1.82) is 0 Å². The Morgan fingerprint density at radius 1 is 1.29 bits per heavy atom. The lowest BCUT2D eigenvalue weighted by Gasteiger charge is -2.17. The molecule has 1 N–H and O–H groups in total. The first-order valence-corrected chi connectivity index (χ1v) is 8.07. The first-order chi connectivity index (χ1) is 9.79. The molecular weight excluding hydrogens is 283 g/mol. The van der Waals surface area contributed by atoms with Gasteiger partial charge < -0.3 is 5.32 Å². The van der Waals surface area contributed by atoms with E-state index in [1.165, 1.54) is 0 Å². The highest BCUT2D eigenvalue weighted by Gasteiger charge is 2.19. The van der Waals surface area contributed by atoms with Gasteiger partial charge in [-0.1, -0.05) is 26.8 Å². The Morgan fingerprint density at radius 3 is 2.52 bits per heavy atom. The lowest BCUT2D eigenvalue weighted by Crippen LogP contribution is -2.19. The summed E-state index contributed by atoms with van der Waals surface area (Å²) in [6.45, 7) is 8.41. The average molecular weight is 306 g/mol. The first kappa shape index (κ1) is 16.1. The van der Waals surface area contributed by atoms with Crippen LogP contribution in [0.4, 0.5) is 4.39 Å². The number of nitrogens with zero attached hydrogens (tertiary/aromatic N) is 1. The van der Waals surface area contributed by atoms with Crippen LogP contribution in [0.3, 0.4) is 0 Å². The number of aryl methyl sites for hydroxylation is 1. The lowest BCUT2D eigenvalue weighted by molar-refractivity contribution is 0.556. The molecule has 0 saturated carbocycles. The third-order valence-electron chi connectivity index (χ3n) is 3.51. The number of halogens is 1. The van der Waals surface area contributed by atoms with Crippen LogP contribution < -0.4 is 5.32 Å². The standard InChI is InChI=1S/C17H23FN2S/c1-11-6-12(8-13(18)7-11)14(19-5)9-16-20-15(10-21-16)17(2,3)4/h6-8,10,14,19H,9H2,1-5H3. The molecule has 0 aliphatic heterocycles. The van der Waals surface area contributed by atoms with Crippen molar-refractivity contribution in [3.05, 3.63) is 51.2 Å². The van der Waals surface area contributed by atoms with Gasteiger partial charge in [0.1, 0.15) is 5.82 Å². The van der Waals surface area contributed by atoms with Gasteiger partial charge in [-0.25, -0.2) is 9.37 Å². The number of hydrogen-bond acceptors (Lipinski definition) is 3. The van der Waals surface area contributed by atoms with E-state index in [0.29, 0.717) is 0 Å². The Morgan fingerprint density at radius 2 is 2.00 bits per heavy atom. The summed E-state index contributed by atoms with van der Waals surface area (Å²) in [6, 6.07) is 5.27. The fraction of sp³-hybridized carbons (Fsp3) is 0.471. The minimum Gasteiger partial charge on any atom is -0.313 e. The van der Waals surface area contributed by atoms with Crippen molar-refractivity contribution in [3.8, 4) is 0 Å². The van der Waals surface area contributed by atoms with Gasteiger partial charge in [-0.3, -0.25) is 0 Å². The van der Waals surface area contributed by atoms with Gasteiger partial charge in [-0.15, -0.1) is 11.3 Å². The van der Waals surface area contributed by atoms with Crippen LogP contribution in [-0.2, 0) is 11.8 Å². The third-order valence-corrected chi connectivity index (χ3v) is 4.39. The molecule has 114 valence electrons. The van der Waals surface area contributed by atoms with Gasteiger partial charge in [-0.05, 0) is 37.2 Å². The fourth-order valence-corrected chi connectivity index (χ4v) is 3.34. The third kappa shape index (κ3) is 4.11. The number of nitrogens with one attached hydrogen (secondary N) is 1. The van der Waals surface area contributed by atoms with Crippen molar-refractivity contribution in [1.82, 2.24) is 10.3 Å². The zero-order valence-corrected chi connectivity index (χ0v) is 14.1. The van der Waals surface area contributed by atoms with Gasteiger partial charge in [0.2, 0.25) is 0 Å². The molecule has 0 saturated heterocycles. The molecule has 1 aromatic heterocycles. The van der Waals surface area contributed by atoms with Crippen LogP contribution >= 0.6 is 11.3 Å². The number of aromatic nitrogens is 1. The van der Waals surface area contributed by atoms with Gasteiger partial charge in [0, 0.05) is 23.3 Å². The van der Waals surface area contributed by atoms with Crippen LogP contribution in [0.2, 0.25) is 0 Å². The zero-order valence-electron chi connectivity index (χ0n) is 13.3. The molecule has 0 radical (unpaired) electrons. The SMILES string of the molecule is CNC(Cc1nc(C(C)(C)C)cs1)c1cc(C)cc(F)c1. The Kier molecular flexibility index (Phi) is 4.79. The van der Waals surface area contributed by atoms with E-state index in [1.807, 2.05) is 20.0 Å². The summed E-state index contributed by atoms with van der Waals surface area (Å²) in [5.41, 5.74) is 3.11. The molecule has 0 aliphatic carbocycles. The molecule has 0 amide bonds. The maximum absolute atomic E-state index is 13.6. The van der Waals surface area contributed by atoms with E-state index in [0.717, 1.165) is 28.2 Å². The predicted molar refractivity (Wildman–Crippen MR) is 87.5 cm³/mol. The van der Waals surface area contributed by atoms with E-state index in [4.69, 9.17) is 4.98 Å². The van der Waals surface area contributed by atoms with Crippen LogP contribution in [0, 0.1) is 12.7 Å². The molecular formula is C17H23FN2S. The quantitative estimate of drug-likeness (QED) is 0.906. The van der Waals surface area contributed by atoms with Crippen molar-refractivity contribution < 1.29 is 4.39 Å². The van der Waals surface area contributed by atoms with Crippen molar-refractivity contribution in [2.24, 2.45) is 0 Å². The largest absolute Gasteiger partial charge is 0.313 e. The van der Waals surface area contributed by atoms with E-state index >= 15 is 0 Å². The van der Waals surface area contributed by atoms with E-state index in [9.17, 15) is 4.39 Å². The molecule has 0 spiro atoms. The van der Waals surface area contributed by atoms with Crippen molar-refractivity contribution in [2.75, 3.05) is 7.05 Å². The average Bonchev–Trinajstić information content (AvgIpc) is 2.83. The maximum Gasteiger partial charge on any atom is 0.123 e. The Labute approximate surface area is 130 Å². The highest BCUT2D eigenvalue weighted by Crippen LogP contribution is 2.27. The highest BCUT2D eigenvalue weighted by atomic mass is 32.1. The van der Waals surface area contributed by atoms with Crippen LogP contribution in [0.5, 0.6) is 0 Å². The van der Waals surface area contributed by atoms with Gasteiger partial charge in [0.25, 0.3) is 0 Å². The normalized spacial score (nSPS) is 13.4. The summed E-state index contributed by atoms with van der Waals surface area (Å²) in [6.07, 6.45) is 0.778. The summed E-state index contributed by atoms with van der Waals surface area (Å²) < 4.78 is 13.6. The predicted octanol–water partition coefficient (Wildman–Crippen LogP) is 4.39. The molecule has 21 heavy (non-hydrogen) atoms. The topological polar surface area (TPSA) is 24.9 Å². The molecule has 1 unspecified atom stereocenters. The molecule has 1 atom stereocenters. The molecule has 1 heterocycles. The Bertz CT molecular complexity index is 593. The van der Waals surface area contributed by atoms with Crippen LogP contribution in [0.25, 0.3) is 0 Å². The maximum atomic E-state index is 13.6. The second-order valence-electron chi connectivity index (χ2n) is 6.48. The summed E-state index contributed by atoms with van der Waals surface area (Å²) >= 11 is 1.68. The minimum absolute atomic E-state index is 0.0688. The number of hydrogen-bond donors (Lipinski definition) is 1. The number of rotatable bonds is 4. The van der Waals surface area contributed by atoms with Crippen molar-refractivity contribution in [2.45, 2.75) is 45.6 Å². The molecule has 2 rings (SSSR count). The van der Waals surface area contributed by atoms with Crippen LogP contribution in [0.1, 0.15) is 48.6 Å². The van der Waals surface area contributed by atoms with E-state index in [1.54, 1.807) is 23.5 Å². The van der Waals surface area contributed by atoms with Crippen LogP contribution in [-0.4, -0.2) is 12.0 Å². The Balaban J connectivity index is 2.21. The fourth-order valence-electron chi connectivity index (χ4n) is 2.28. The van der Waals surface area contributed by atoms with E-state index < -0.39 is 0 Å². The van der Waals surface area contributed by atoms with Gasteiger partial charge in [0.05, 0.1) is 10.7 Å². The minimum atomic E-state index is -0.181. The lowest BCUT2D eigenvalue weighted by atomic mass is 9.93. The van der Waals surface area contributed by atoms with Crippen LogP contribution in [0.15, 0.2) is 23.6 Å². The molecule has 4 heteroatoms. The molecule has 1 aromatic carbocycles. The Hall–Kier alpha value is -1.26. The number of thiazole rings is 1. The summed E-state index contributed by atoms with van der Waals surface area (Å²) in [5, 5.41) is 6.48. The van der Waals surface area contributed by atoms with Crippen molar-refractivity contribution in [3.63, 3.8) is 0 Å².